The summed E-state index contributed by atoms with van der Waals surface area (Å²) in [5, 5.41) is 6.38. The lowest BCUT2D eigenvalue weighted by Gasteiger charge is -2.20. The molecule has 0 saturated carbocycles. The van der Waals surface area contributed by atoms with E-state index in [1.807, 2.05) is 6.92 Å². The van der Waals surface area contributed by atoms with Crippen LogP contribution in [0.1, 0.15) is 31.4 Å². The first-order valence-corrected chi connectivity index (χ1v) is 7.28. The van der Waals surface area contributed by atoms with E-state index < -0.39 is 0 Å². The van der Waals surface area contributed by atoms with Gasteiger partial charge in [0.15, 0.2) is 12.8 Å². The molecule has 116 valence electrons. The zero-order valence-electron chi connectivity index (χ0n) is 12.5. The van der Waals surface area contributed by atoms with Crippen LogP contribution in [0.15, 0.2) is 17.1 Å². The highest BCUT2D eigenvalue weighted by molar-refractivity contribution is 5.79. The highest BCUT2D eigenvalue weighted by Crippen LogP contribution is 2.29. The molecule has 2 rings (SSSR count). The molecule has 1 aromatic carbocycles. The third-order valence-electron chi connectivity index (χ3n) is 3.05. The van der Waals surface area contributed by atoms with Crippen LogP contribution >= 0.6 is 0 Å². The van der Waals surface area contributed by atoms with Crippen molar-refractivity contribution in [2.75, 3.05) is 19.9 Å². The second kappa shape index (κ2) is 7.83. The van der Waals surface area contributed by atoms with Crippen LogP contribution in [0.3, 0.4) is 0 Å². The first kappa shape index (κ1) is 15.6. The smallest absolute Gasteiger partial charge is 0.191 e. The summed E-state index contributed by atoms with van der Waals surface area (Å²) in [6, 6.07) is 2.92. The number of hydrogen-bond donors (Lipinski definition) is 2. The van der Waals surface area contributed by atoms with Gasteiger partial charge in [-0.2, -0.15) is 0 Å². The summed E-state index contributed by atoms with van der Waals surface area (Å²) in [7, 11) is 0. The van der Waals surface area contributed by atoms with Crippen molar-refractivity contribution in [1.82, 2.24) is 10.6 Å². The monoisotopic (exact) mass is 295 g/mol. The van der Waals surface area contributed by atoms with E-state index in [-0.39, 0.29) is 12.6 Å². The van der Waals surface area contributed by atoms with E-state index in [9.17, 15) is 4.39 Å². The average Bonchev–Trinajstić information content (AvgIpc) is 2.49. The maximum absolute atomic E-state index is 13.6. The third-order valence-corrected chi connectivity index (χ3v) is 3.05. The predicted octanol–water partition coefficient (Wildman–Crippen LogP) is 2.16. The second-order valence-electron chi connectivity index (χ2n) is 4.79. The molecule has 0 bridgehead atoms. The molecule has 5 nitrogen and oxygen atoms in total. The molecule has 21 heavy (non-hydrogen) atoms. The number of benzene rings is 1. The normalized spacial score (nSPS) is 14.3. The number of ether oxygens (including phenoxy) is 2. The molecule has 1 heterocycles. The molecule has 1 aromatic rings. The zero-order chi connectivity index (χ0) is 15.1. The molecule has 0 radical (unpaired) electrons. The maximum atomic E-state index is 13.6. The minimum atomic E-state index is -0.292. The molecule has 2 N–H and O–H groups in total. The summed E-state index contributed by atoms with van der Waals surface area (Å²) in [6.07, 6.45) is 1.01. The number of halogens is 1. The van der Waals surface area contributed by atoms with Gasteiger partial charge < -0.3 is 20.1 Å². The van der Waals surface area contributed by atoms with Crippen molar-refractivity contribution in [3.8, 4) is 5.75 Å². The van der Waals surface area contributed by atoms with Crippen LogP contribution in [0.2, 0.25) is 0 Å². The van der Waals surface area contributed by atoms with E-state index >= 15 is 0 Å². The van der Waals surface area contributed by atoms with Crippen LogP contribution in [-0.4, -0.2) is 25.8 Å². The van der Waals surface area contributed by atoms with E-state index in [1.165, 1.54) is 12.1 Å². The average molecular weight is 295 g/mol. The Kier molecular flexibility index (Phi) is 5.80. The molecule has 0 aliphatic carbocycles. The Labute approximate surface area is 124 Å². The first-order valence-electron chi connectivity index (χ1n) is 7.28. The number of guanidine groups is 1. The Hall–Kier alpha value is -1.82. The molecular formula is C15H22FN3O2. The Morgan fingerprint density at radius 3 is 2.95 bits per heavy atom. The van der Waals surface area contributed by atoms with E-state index in [2.05, 4.69) is 22.5 Å². The summed E-state index contributed by atoms with van der Waals surface area (Å²) in [5.41, 5.74) is 1.47. The van der Waals surface area contributed by atoms with Crippen LogP contribution in [0, 0.1) is 5.82 Å². The maximum Gasteiger partial charge on any atom is 0.191 e. The summed E-state index contributed by atoms with van der Waals surface area (Å²) < 4.78 is 24.3. The van der Waals surface area contributed by atoms with Crippen molar-refractivity contribution in [3.63, 3.8) is 0 Å². The summed E-state index contributed by atoms with van der Waals surface area (Å²) >= 11 is 0. The lowest BCUT2D eigenvalue weighted by molar-refractivity contribution is -0.0172. The van der Waals surface area contributed by atoms with E-state index in [0.717, 1.165) is 36.6 Å². The lowest BCUT2D eigenvalue weighted by atomic mass is 10.1. The van der Waals surface area contributed by atoms with Crippen LogP contribution in [-0.2, 0) is 17.9 Å². The van der Waals surface area contributed by atoms with Gasteiger partial charge >= 0.3 is 0 Å². The number of rotatable bonds is 5. The Bertz CT molecular complexity index is 506. The van der Waals surface area contributed by atoms with E-state index in [4.69, 9.17) is 9.47 Å². The Morgan fingerprint density at radius 2 is 2.19 bits per heavy atom. The quantitative estimate of drug-likeness (QED) is 0.645. The predicted molar refractivity (Wildman–Crippen MR) is 79.8 cm³/mol. The molecule has 0 fully saturated rings. The van der Waals surface area contributed by atoms with Gasteiger partial charge in [0.2, 0.25) is 0 Å². The highest BCUT2D eigenvalue weighted by atomic mass is 19.1. The van der Waals surface area contributed by atoms with Crippen molar-refractivity contribution in [3.05, 3.63) is 29.1 Å². The van der Waals surface area contributed by atoms with Crippen molar-refractivity contribution < 1.29 is 13.9 Å². The Balaban J connectivity index is 2.15. The van der Waals surface area contributed by atoms with Gasteiger partial charge in [0.05, 0.1) is 13.2 Å². The minimum absolute atomic E-state index is 0.198. The third kappa shape index (κ3) is 4.32. The van der Waals surface area contributed by atoms with Gasteiger partial charge in [-0.3, -0.25) is 0 Å². The number of nitrogens with one attached hydrogen (secondary N) is 2. The highest BCUT2D eigenvalue weighted by Gasteiger charge is 2.16. The molecule has 6 heteroatoms. The van der Waals surface area contributed by atoms with Gasteiger partial charge in [-0.15, -0.1) is 0 Å². The van der Waals surface area contributed by atoms with E-state index in [0.29, 0.717) is 18.9 Å². The molecule has 0 unspecified atom stereocenters. The van der Waals surface area contributed by atoms with Crippen LogP contribution in [0.25, 0.3) is 0 Å². The lowest BCUT2D eigenvalue weighted by Crippen LogP contribution is -2.37. The van der Waals surface area contributed by atoms with Gasteiger partial charge in [-0.1, -0.05) is 6.92 Å². The van der Waals surface area contributed by atoms with Crippen LogP contribution in [0.5, 0.6) is 5.75 Å². The van der Waals surface area contributed by atoms with Crippen molar-refractivity contribution in [1.29, 1.82) is 0 Å². The Morgan fingerprint density at radius 1 is 1.33 bits per heavy atom. The van der Waals surface area contributed by atoms with Gasteiger partial charge in [-0.05, 0) is 25.5 Å². The first-order chi connectivity index (χ1) is 10.2. The molecule has 1 aliphatic heterocycles. The SMILES string of the molecule is CCCNC(=NCc1cc(F)cc2c1OCOC2)NCC. The standard InChI is InChI=1S/C15H22FN3O2/c1-3-5-18-15(17-4-2)19-8-11-6-13(16)7-12-9-20-10-21-14(11)12/h6-7H,3-5,8-10H2,1-2H3,(H2,17,18,19). The summed E-state index contributed by atoms with van der Waals surface area (Å²) in [4.78, 5) is 4.48. The molecule has 0 aromatic heterocycles. The van der Waals surface area contributed by atoms with Crippen LogP contribution < -0.4 is 15.4 Å². The molecular weight excluding hydrogens is 273 g/mol. The summed E-state index contributed by atoms with van der Waals surface area (Å²) in [5.74, 6) is 1.13. The second-order valence-corrected chi connectivity index (χ2v) is 4.79. The fourth-order valence-electron chi connectivity index (χ4n) is 2.12. The van der Waals surface area contributed by atoms with Crippen molar-refractivity contribution in [2.24, 2.45) is 4.99 Å². The fraction of sp³-hybridized carbons (Fsp3) is 0.533. The summed E-state index contributed by atoms with van der Waals surface area (Å²) in [6.45, 7) is 6.65. The number of aliphatic imine (C=N–C) groups is 1. The fourth-order valence-corrected chi connectivity index (χ4v) is 2.12. The van der Waals surface area contributed by atoms with Crippen molar-refractivity contribution in [2.45, 2.75) is 33.4 Å². The number of fused-ring (bicyclic) bond motifs is 1. The minimum Gasteiger partial charge on any atom is -0.467 e. The number of hydrogen-bond acceptors (Lipinski definition) is 3. The van der Waals surface area contributed by atoms with Gasteiger partial charge in [0.25, 0.3) is 0 Å². The van der Waals surface area contributed by atoms with Gasteiger partial charge in [0.1, 0.15) is 11.6 Å². The molecule has 0 amide bonds. The van der Waals surface area contributed by atoms with Crippen LogP contribution in [0.4, 0.5) is 4.39 Å². The number of nitrogens with zero attached hydrogens (tertiary/aromatic N) is 1. The molecule has 0 atom stereocenters. The van der Waals surface area contributed by atoms with Gasteiger partial charge in [-0.25, -0.2) is 9.38 Å². The topological polar surface area (TPSA) is 54.9 Å². The zero-order valence-corrected chi connectivity index (χ0v) is 12.5. The van der Waals surface area contributed by atoms with Crippen molar-refractivity contribution >= 4 is 5.96 Å². The van der Waals surface area contributed by atoms with E-state index in [1.54, 1.807) is 0 Å². The van der Waals surface area contributed by atoms with Gasteiger partial charge in [0, 0.05) is 24.2 Å². The molecule has 0 saturated heterocycles. The molecule has 1 aliphatic rings. The molecule has 0 spiro atoms. The largest absolute Gasteiger partial charge is 0.467 e.